The number of fused-ring (bicyclic) bond motifs is 2. The van der Waals surface area contributed by atoms with Crippen LogP contribution in [0.25, 0.3) is 16.9 Å². The fraction of sp³-hybridized carbons (Fsp3) is 0.208. The summed E-state index contributed by atoms with van der Waals surface area (Å²) in [5.41, 5.74) is 4.20. The zero-order valence-electron chi connectivity index (χ0n) is 17.2. The predicted octanol–water partition coefficient (Wildman–Crippen LogP) is 4.40. The highest BCUT2D eigenvalue weighted by molar-refractivity contribution is 6.03. The van der Waals surface area contributed by atoms with Crippen LogP contribution in [0.15, 0.2) is 54.6 Å². The molecule has 7 nitrogen and oxygen atoms in total. The van der Waals surface area contributed by atoms with Gasteiger partial charge in [-0.05, 0) is 43.5 Å². The molecule has 2 aromatic carbocycles. The molecule has 2 aromatic heterocycles. The van der Waals surface area contributed by atoms with Gasteiger partial charge < -0.3 is 15.7 Å². The zero-order chi connectivity index (χ0) is 21.4. The van der Waals surface area contributed by atoms with E-state index >= 15 is 0 Å². The van der Waals surface area contributed by atoms with E-state index in [2.05, 4.69) is 22.8 Å². The number of aromatic nitrogens is 3. The molecule has 1 aliphatic rings. The minimum Gasteiger partial charge on any atom is -0.478 e. The number of nitrogens with one attached hydrogen (secondary N) is 2. The maximum atomic E-state index is 11.7. The largest absolute Gasteiger partial charge is 0.478 e. The molecule has 3 heterocycles. The first kappa shape index (κ1) is 19.1. The Morgan fingerprint density at radius 1 is 1.16 bits per heavy atom. The Labute approximate surface area is 179 Å². The molecule has 0 saturated heterocycles. The maximum absolute atomic E-state index is 11.7. The molecular formula is C24H23N5O2. The van der Waals surface area contributed by atoms with Crippen LogP contribution in [0.2, 0.25) is 0 Å². The summed E-state index contributed by atoms with van der Waals surface area (Å²) in [6, 6.07) is 17.4. The van der Waals surface area contributed by atoms with Crippen molar-refractivity contribution in [1.29, 1.82) is 0 Å². The SMILES string of the molecule is Cc1cc2c(C(=O)O)cccc2n1-c1nc2c(c(NCc3ccccc3)n1)CCCN2. The standard InChI is InChI=1S/C24H23N5O2/c1-15-13-19-17(23(30)31)9-5-11-20(19)29(15)24-27-21-18(10-6-12-25-21)22(28-24)26-14-16-7-3-2-4-8-16/h2-5,7-9,11,13H,6,10,12,14H2,1H3,(H,30,31)(H2,25,26,27,28). The Bertz CT molecular complexity index is 1280. The summed E-state index contributed by atoms with van der Waals surface area (Å²) >= 11 is 0. The van der Waals surface area contributed by atoms with E-state index in [1.165, 1.54) is 5.56 Å². The normalized spacial score (nSPS) is 12.9. The molecule has 0 atom stereocenters. The highest BCUT2D eigenvalue weighted by atomic mass is 16.4. The number of carboxylic acids is 1. The van der Waals surface area contributed by atoms with Crippen molar-refractivity contribution in [3.8, 4) is 5.95 Å². The first-order valence-electron chi connectivity index (χ1n) is 10.4. The first-order chi connectivity index (χ1) is 15.1. The summed E-state index contributed by atoms with van der Waals surface area (Å²) in [6.07, 6.45) is 1.94. The van der Waals surface area contributed by atoms with E-state index in [4.69, 9.17) is 9.97 Å². The van der Waals surface area contributed by atoms with E-state index in [1.807, 2.05) is 41.8 Å². The van der Waals surface area contributed by atoms with Crippen molar-refractivity contribution >= 4 is 28.5 Å². The number of anilines is 2. The van der Waals surface area contributed by atoms with Gasteiger partial charge in [-0.25, -0.2) is 4.79 Å². The van der Waals surface area contributed by atoms with Crippen LogP contribution in [0, 0.1) is 6.92 Å². The Morgan fingerprint density at radius 3 is 2.81 bits per heavy atom. The van der Waals surface area contributed by atoms with Gasteiger partial charge in [-0.2, -0.15) is 9.97 Å². The van der Waals surface area contributed by atoms with Gasteiger partial charge in [-0.3, -0.25) is 4.57 Å². The quantitative estimate of drug-likeness (QED) is 0.449. The Morgan fingerprint density at radius 2 is 2.00 bits per heavy atom. The predicted molar refractivity (Wildman–Crippen MR) is 121 cm³/mol. The topological polar surface area (TPSA) is 92.1 Å². The van der Waals surface area contributed by atoms with Crippen molar-refractivity contribution in [2.75, 3.05) is 17.2 Å². The number of nitrogens with zero attached hydrogens (tertiary/aromatic N) is 3. The Hall–Kier alpha value is -3.87. The molecule has 0 amide bonds. The van der Waals surface area contributed by atoms with Gasteiger partial charge in [0.25, 0.3) is 0 Å². The lowest BCUT2D eigenvalue weighted by Gasteiger charge is -2.22. The van der Waals surface area contributed by atoms with Gasteiger partial charge in [-0.15, -0.1) is 0 Å². The van der Waals surface area contributed by atoms with Crippen LogP contribution in [-0.2, 0) is 13.0 Å². The van der Waals surface area contributed by atoms with Crippen molar-refractivity contribution < 1.29 is 9.90 Å². The number of carbonyl (C=O) groups is 1. The van der Waals surface area contributed by atoms with Gasteiger partial charge in [0.15, 0.2) is 0 Å². The molecule has 0 bridgehead atoms. The van der Waals surface area contributed by atoms with Gasteiger partial charge in [0, 0.05) is 29.7 Å². The number of aromatic carboxylic acids is 1. The minimum absolute atomic E-state index is 0.276. The molecule has 1 aliphatic heterocycles. The molecule has 156 valence electrons. The van der Waals surface area contributed by atoms with Crippen molar-refractivity contribution in [2.24, 2.45) is 0 Å². The van der Waals surface area contributed by atoms with Crippen LogP contribution in [0.3, 0.4) is 0 Å². The van der Waals surface area contributed by atoms with E-state index < -0.39 is 5.97 Å². The van der Waals surface area contributed by atoms with Crippen LogP contribution in [0.5, 0.6) is 0 Å². The van der Waals surface area contributed by atoms with Crippen molar-refractivity contribution in [2.45, 2.75) is 26.3 Å². The number of hydrogen-bond acceptors (Lipinski definition) is 5. The lowest BCUT2D eigenvalue weighted by atomic mass is 10.1. The van der Waals surface area contributed by atoms with Crippen LogP contribution >= 0.6 is 0 Å². The number of hydrogen-bond donors (Lipinski definition) is 3. The van der Waals surface area contributed by atoms with Gasteiger partial charge in [0.1, 0.15) is 11.6 Å². The zero-order valence-corrected chi connectivity index (χ0v) is 17.2. The monoisotopic (exact) mass is 413 g/mol. The highest BCUT2D eigenvalue weighted by Gasteiger charge is 2.21. The Kier molecular flexibility index (Phi) is 4.78. The molecule has 0 radical (unpaired) electrons. The summed E-state index contributed by atoms with van der Waals surface area (Å²) in [7, 11) is 0. The second-order valence-electron chi connectivity index (χ2n) is 7.73. The van der Waals surface area contributed by atoms with Gasteiger partial charge in [-0.1, -0.05) is 36.4 Å². The van der Waals surface area contributed by atoms with E-state index in [0.717, 1.165) is 47.8 Å². The lowest BCUT2D eigenvalue weighted by Crippen LogP contribution is -2.19. The number of benzene rings is 2. The van der Waals surface area contributed by atoms with Crippen molar-refractivity contribution in [1.82, 2.24) is 14.5 Å². The molecule has 0 unspecified atom stereocenters. The third-order valence-electron chi connectivity index (χ3n) is 5.65. The molecule has 3 N–H and O–H groups in total. The summed E-state index contributed by atoms with van der Waals surface area (Å²) in [4.78, 5) is 21.4. The average Bonchev–Trinajstić information content (AvgIpc) is 3.13. The molecule has 4 aromatic rings. The van der Waals surface area contributed by atoms with E-state index in [1.54, 1.807) is 12.1 Å². The molecule has 0 spiro atoms. The third kappa shape index (κ3) is 3.48. The number of rotatable bonds is 5. The minimum atomic E-state index is -0.944. The van der Waals surface area contributed by atoms with E-state index in [-0.39, 0.29) is 5.56 Å². The lowest BCUT2D eigenvalue weighted by molar-refractivity contribution is 0.0699. The van der Waals surface area contributed by atoms with Crippen molar-refractivity contribution in [3.05, 3.63) is 77.0 Å². The molecule has 31 heavy (non-hydrogen) atoms. The van der Waals surface area contributed by atoms with Gasteiger partial charge in [0.2, 0.25) is 5.95 Å². The van der Waals surface area contributed by atoms with E-state index in [9.17, 15) is 9.90 Å². The second-order valence-corrected chi connectivity index (χ2v) is 7.73. The van der Waals surface area contributed by atoms with Gasteiger partial charge >= 0.3 is 5.97 Å². The van der Waals surface area contributed by atoms with Crippen LogP contribution in [0.4, 0.5) is 11.6 Å². The van der Waals surface area contributed by atoms with E-state index in [0.29, 0.717) is 17.9 Å². The number of aryl methyl sites for hydroxylation is 1. The molecule has 5 rings (SSSR count). The first-order valence-corrected chi connectivity index (χ1v) is 10.4. The third-order valence-corrected chi connectivity index (χ3v) is 5.65. The second kappa shape index (κ2) is 7.75. The van der Waals surface area contributed by atoms with Crippen LogP contribution < -0.4 is 10.6 Å². The Balaban J connectivity index is 1.62. The maximum Gasteiger partial charge on any atom is 0.336 e. The molecule has 0 fully saturated rings. The summed E-state index contributed by atoms with van der Waals surface area (Å²) < 4.78 is 1.92. The molecule has 7 heteroatoms. The fourth-order valence-corrected chi connectivity index (χ4v) is 4.17. The fourth-order valence-electron chi connectivity index (χ4n) is 4.17. The van der Waals surface area contributed by atoms with Gasteiger partial charge in [0.05, 0.1) is 11.1 Å². The smallest absolute Gasteiger partial charge is 0.336 e. The molecule has 0 saturated carbocycles. The molecule has 0 aliphatic carbocycles. The highest BCUT2D eigenvalue weighted by Crippen LogP contribution is 2.31. The van der Waals surface area contributed by atoms with Crippen LogP contribution in [-0.4, -0.2) is 32.2 Å². The van der Waals surface area contributed by atoms with Crippen LogP contribution in [0.1, 0.15) is 33.6 Å². The molecular weight excluding hydrogens is 390 g/mol. The summed E-state index contributed by atoms with van der Waals surface area (Å²) in [5, 5.41) is 17.1. The summed E-state index contributed by atoms with van der Waals surface area (Å²) in [5.74, 6) is 1.23. The average molecular weight is 413 g/mol. The van der Waals surface area contributed by atoms with Crippen molar-refractivity contribution in [3.63, 3.8) is 0 Å². The number of carboxylic acid groups (broad SMARTS) is 1. The summed E-state index contributed by atoms with van der Waals surface area (Å²) in [6.45, 7) is 3.48.